The van der Waals surface area contributed by atoms with Gasteiger partial charge >= 0.3 is 0 Å². The van der Waals surface area contributed by atoms with Gasteiger partial charge in [0.2, 0.25) is 5.95 Å². The molecule has 0 aliphatic heterocycles. The minimum atomic E-state index is 0.635. The molecule has 0 amide bonds. The molecule has 1 aliphatic rings. The third-order valence-electron chi connectivity index (χ3n) is 3.45. The highest BCUT2D eigenvalue weighted by Gasteiger charge is 2.25. The van der Waals surface area contributed by atoms with Gasteiger partial charge in [0.25, 0.3) is 0 Å². The minimum Gasteiger partial charge on any atom is -0.384 e. The summed E-state index contributed by atoms with van der Waals surface area (Å²) in [5, 5.41) is 3.45. The van der Waals surface area contributed by atoms with Gasteiger partial charge in [-0.05, 0) is 30.9 Å². The Morgan fingerprint density at radius 3 is 3.00 bits per heavy atom. The number of imidazole rings is 1. The smallest absolute Gasteiger partial charge is 0.207 e. The Balaban J connectivity index is 1.80. The van der Waals surface area contributed by atoms with Gasteiger partial charge in [-0.3, -0.25) is 0 Å². The number of hydrogen-bond acceptors (Lipinski definition) is 3. The molecule has 1 saturated carbocycles. The van der Waals surface area contributed by atoms with Crippen molar-refractivity contribution in [3.63, 3.8) is 0 Å². The summed E-state index contributed by atoms with van der Waals surface area (Å²) in [4.78, 5) is 4.41. The van der Waals surface area contributed by atoms with Crippen molar-refractivity contribution in [1.82, 2.24) is 9.55 Å². The number of methoxy groups -OCH3 is 1. The van der Waals surface area contributed by atoms with E-state index in [9.17, 15) is 0 Å². The predicted molar refractivity (Wildman–Crippen MR) is 75.8 cm³/mol. The van der Waals surface area contributed by atoms with Crippen LogP contribution in [-0.2, 0) is 11.2 Å². The molecule has 1 fully saturated rings. The summed E-state index contributed by atoms with van der Waals surface area (Å²) in [5.41, 5.74) is 2.38. The van der Waals surface area contributed by atoms with Crippen LogP contribution in [0.25, 0.3) is 0 Å². The lowest BCUT2D eigenvalue weighted by Gasteiger charge is -2.12. The van der Waals surface area contributed by atoms with Crippen molar-refractivity contribution in [3.05, 3.63) is 42.2 Å². The molecule has 1 aliphatic carbocycles. The van der Waals surface area contributed by atoms with E-state index in [1.165, 1.54) is 18.4 Å². The van der Waals surface area contributed by atoms with Gasteiger partial charge < -0.3 is 14.6 Å². The van der Waals surface area contributed by atoms with Crippen molar-refractivity contribution < 1.29 is 4.74 Å². The number of benzene rings is 1. The largest absolute Gasteiger partial charge is 0.384 e. The second-order valence-electron chi connectivity index (χ2n) is 4.91. The van der Waals surface area contributed by atoms with Gasteiger partial charge in [0.15, 0.2) is 0 Å². The van der Waals surface area contributed by atoms with Gasteiger partial charge in [0.1, 0.15) is 0 Å². The van der Waals surface area contributed by atoms with Crippen molar-refractivity contribution in [2.45, 2.75) is 25.3 Å². The van der Waals surface area contributed by atoms with Crippen LogP contribution in [0.3, 0.4) is 0 Å². The van der Waals surface area contributed by atoms with Gasteiger partial charge in [0.05, 0.1) is 6.61 Å². The molecule has 1 aromatic carbocycles. The Kier molecular flexibility index (Phi) is 3.51. The fourth-order valence-corrected chi connectivity index (χ4v) is 2.25. The monoisotopic (exact) mass is 257 g/mol. The zero-order valence-electron chi connectivity index (χ0n) is 11.2. The zero-order valence-corrected chi connectivity index (χ0v) is 11.2. The molecule has 1 aromatic heterocycles. The molecule has 2 aromatic rings. The molecule has 0 saturated heterocycles. The van der Waals surface area contributed by atoms with Gasteiger partial charge in [-0.1, -0.05) is 18.2 Å². The quantitative estimate of drug-likeness (QED) is 0.864. The van der Waals surface area contributed by atoms with Crippen LogP contribution >= 0.6 is 0 Å². The maximum absolute atomic E-state index is 5.16. The van der Waals surface area contributed by atoms with Crippen molar-refractivity contribution in [1.29, 1.82) is 0 Å². The normalized spacial score (nSPS) is 14.6. The van der Waals surface area contributed by atoms with Crippen LogP contribution in [0.2, 0.25) is 0 Å². The van der Waals surface area contributed by atoms with Crippen LogP contribution in [-0.4, -0.2) is 23.3 Å². The van der Waals surface area contributed by atoms with E-state index in [1.54, 1.807) is 7.11 Å². The second kappa shape index (κ2) is 5.45. The number of rotatable bonds is 6. The molecule has 1 heterocycles. The fourth-order valence-electron chi connectivity index (χ4n) is 2.25. The van der Waals surface area contributed by atoms with Crippen LogP contribution in [0.1, 0.15) is 24.4 Å². The van der Waals surface area contributed by atoms with E-state index in [0.29, 0.717) is 6.04 Å². The molecule has 100 valence electrons. The Bertz CT molecular complexity index is 546. The summed E-state index contributed by atoms with van der Waals surface area (Å²) in [6.45, 7) is 0.732. The first-order chi connectivity index (χ1) is 9.38. The van der Waals surface area contributed by atoms with E-state index < -0.39 is 0 Å². The lowest BCUT2D eigenvalue weighted by atomic mass is 10.1. The molecule has 4 nitrogen and oxygen atoms in total. The lowest BCUT2D eigenvalue weighted by molar-refractivity contribution is 0.202. The first kappa shape index (κ1) is 12.2. The summed E-state index contributed by atoms with van der Waals surface area (Å²) >= 11 is 0. The van der Waals surface area contributed by atoms with Crippen LogP contribution < -0.4 is 5.32 Å². The average molecular weight is 257 g/mol. The van der Waals surface area contributed by atoms with Crippen molar-refractivity contribution in [2.75, 3.05) is 19.0 Å². The van der Waals surface area contributed by atoms with E-state index in [2.05, 4.69) is 39.3 Å². The van der Waals surface area contributed by atoms with Gasteiger partial charge in [0, 0.05) is 31.2 Å². The van der Waals surface area contributed by atoms with Crippen LogP contribution in [0.15, 0.2) is 36.7 Å². The molecule has 19 heavy (non-hydrogen) atoms. The third-order valence-corrected chi connectivity index (χ3v) is 3.45. The van der Waals surface area contributed by atoms with E-state index in [4.69, 9.17) is 4.74 Å². The standard InChI is InChI=1S/C15H19N3O/c1-19-11-8-12-4-2-3-5-14(12)17-15-16-9-10-18(15)13-6-7-13/h2-5,9-10,13H,6-8,11H2,1H3,(H,16,17). The average Bonchev–Trinajstić information content (AvgIpc) is 3.18. The van der Waals surface area contributed by atoms with Crippen molar-refractivity contribution in [2.24, 2.45) is 0 Å². The minimum absolute atomic E-state index is 0.635. The number of hydrogen-bond donors (Lipinski definition) is 1. The molecule has 0 atom stereocenters. The van der Waals surface area contributed by atoms with Gasteiger partial charge in [-0.2, -0.15) is 0 Å². The Morgan fingerprint density at radius 2 is 2.21 bits per heavy atom. The zero-order chi connectivity index (χ0) is 13.1. The number of nitrogens with one attached hydrogen (secondary N) is 1. The topological polar surface area (TPSA) is 39.1 Å². The van der Waals surface area contributed by atoms with Gasteiger partial charge in [-0.15, -0.1) is 0 Å². The Labute approximate surface area is 113 Å². The van der Waals surface area contributed by atoms with Crippen LogP contribution in [0.4, 0.5) is 11.6 Å². The van der Waals surface area contributed by atoms with E-state index >= 15 is 0 Å². The number of para-hydroxylation sites is 1. The molecule has 0 bridgehead atoms. The molecule has 0 unspecified atom stereocenters. The van der Waals surface area contributed by atoms with Crippen molar-refractivity contribution in [3.8, 4) is 0 Å². The van der Waals surface area contributed by atoms with Crippen LogP contribution in [0, 0.1) is 0 Å². The molecule has 0 radical (unpaired) electrons. The Morgan fingerprint density at radius 1 is 1.37 bits per heavy atom. The SMILES string of the molecule is COCCc1ccccc1Nc1nccn1C1CC1. The number of aromatic nitrogens is 2. The van der Waals surface area contributed by atoms with E-state index in [0.717, 1.165) is 24.7 Å². The van der Waals surface area contributed by atoms with Gasteiger partial charge in [-0.25, -0.2) is 4.98 Å². The van der Waals surface area contributed by atoms with E-state index in [1.807, 2.05) is 12.3 Å². The predicted octanol–water partition coefficient (Wildman–Crippen LogP) is 3.15. The summed E-state index contributed by atoms with van der Waals surface area (Å²) in [7, 11) is 1.73. The summed E-state index contributed by atoms with van der Waals surface area (Å²) in [6, 6.07) is 8.96. The van der Waals surface area contributed by atoms with E-state index in [-0.39, 0.29) is 0 Å². The van der Waals surface area contributed by atoms with Crippen molar-refractivity contribution >= 4 is 11.6 Å². The first-order valence-corrected chi connectivity index (χ1v) is 6.75. The second-order valence-corrected chi connectivity index (χ2v) is 4.91. The molecule has 4 heteroatoms. The summed E-state index contributed by atoms with van der Waals surface area (Å²) in [6.07, 6.45) is 7.34. The number of nitrogens with zero attached hydrogens (tertiary/aromatic N) is 2. The number of anilines is 2. The maximum atomic E-state index is 5.16. The fraction of sp³-hybridized carbons (Fsp3) is 0.400. The summed E-state index contributed by atoms with van der Waals surface area (Å²) in [5.74, 6) is 0.937. The highest BCUT2D eigenvalue weighted by atomic mass is 16.5. The lowest BCUT2D eigenvalue weighted by Crippen LogP contribution is -2.04. The Hall–Kier alpha value is -1.81. The third kappa shape index (κ3) is 2.79. The van der Waals surface area contributed by atoms with Crippen LogP contribution in [0.5, 0.6) is 0 Å². The maximum Gasteiger partial charge on any atom is 0.207 e. The summed E-state index contributed by atoms with van der Waals surface area (Å²) < 4.78 is 7.39. The molecule has 3 rings (SSSR count). The highest BCUT2D eigenvalue weighted by molar-refractivity contribution is 5.59. The molecule has 0 spiro atoms. The highest BCUT2D eigenvalue weighted by Crippen LogP contribution is 2.37. The molecular weight excluding hydrogens is 238 g/mol. The first-order valence-electron chi connectivity index (χ1n) is 6.75. The number of ether oxygens (including phenoxy) is 1. The molecular formula is C15H19N3O. The molecule has 1 N–H and O–H groups in total.